The van der Waals surface area contributed by atoms with Crippen LogP contribution in [-0.4, -0.2) is 113 Å². The highest BCUT2D eigenvalue weighted by Gasteiger charge is 2.39. The summed E-state index contributed by atoms with van der Waals surface area (Å²) in [5.74, 6) is -1.47. The van der Waals surface area contributed by atoms with Gasteiger partial charge in [-0.15, -0.1) is 0 Å². The largest absolute Gasteiger partial charge is 0.491 e. The first-order valence-corrected chi connectivity index (χ1v) is 15.4. The minimum atomic E-state index is -1.54. The van der Waals surface area contributed by atoms with E-state index in [1.807, 2.05) is 0 Å². The highest BCUT2D eigenvalue weighted by Crippen LogP contribution is 2.30. The zero-order valence-electron chi connectivity index (χ0n) is 27.0. The number of hydrogen-bond donors (Lipinski definition) is 4. The van der Waals surface area contributed by atoms with Gasteiger partial charge in [0, 0.05) is 49.8 Å². The van der Waals surface area contributed by atoms with Crippen molar-refractivity contribution >= 4 is 29.5 Å². The Hall–Kier alpha value is -3.89. The van der Waals surface area contributed by atoms with Crippen molar-refractivity contribution in [1.29, 1.82) is 0 Å². The summed E-state index contributed by atoms with van der Waals surface area (Å²) in [6.45, 7) is 6.86. The van der Waals surface area contributed by atoms with Crippen LogP contribution in [0.1, 0.15) is 52.5 Å². The monoisotopic (exact) mass is 664 g/mol. The normalized spacial score (nSPS) is 21.8. The molecule has 1 saturated heterocycles. The fraction of sp³-hybridized carbons (Fsp3) is 0.594. The van der Waals surface area contributed by atoms with Crippen LogP contribution in [0.3, 0.4) is 0 Å². The molecule has 15 heteroatoms. The van der Waals surface area contributed by atoms with Gasteiger partial charge in [0.1, 0.15) is 43.0 Å². The van der Waals surface area contributed by atoms with Crippen molar-refractivity contribution in [2.24, 2.45) is 5.41 Å². The highest BCUT2D eigenvalue weighted by atomic mass is 16.7. The van der Waals surface area contributed by atoms with Gasteiger partial charge in [-0.3, -0.25) is 28.9 Å². The Morgan fingerprint density at radius 1 is 1.02 bits per heavy atom. The summed E-state index contributed by atoms with van der Waals surface area (Å²) >= 11 is 0. The van der Waals surface area contributed by atoms with Gasteiger partial charge >= 0.3 is 5.97 Å². The number of benzene rings is 1. The second kappa shape index (κ2) is 17.3. The lowest BCUT2D eigenvalue weighted by Crippen LogP contribution is -2.54. The lowest BCUT2D eigenvalue weighted by Gasteiger charge is -2.35. The van der Waals surface area contributed by atoms with Gasteiger partial charge in [0.2, 0.25) is 12.2 Å². The maximum absolute atomic E-state index is 12.4. The highest BCUT2D eigenvalue weighted by molar-refractivity contribution is 6.13. The van der Waals surface area contributed by atoms with Crippen molar-refractivity contribution in [2.75, 3.05) is 33.0 Å². The number of ketones is 1. The van der Waals surface area contributed by atoms with E-state index in [0.717, 1.165) is 17.1 Å². The van der Waals surface area contributed by atoms with Crippen molar-refractivity contribution in [2.45, 2.75) is 84.2 Å². The molecule has 0 unspecified atom stereocenters. The molecule has 1 aromatic carbocycles. The number of nitrogens with one attached hydrogen (secondary N) is 1. The Kier molecular flexibility index (Phi) is 13.8. The molecule has 0 aliphatic carbocycles. The summed E-state index contributed by atoms with van der Waals surface area (Å²) in [6, 6.07) is 4.03. The molecule has 47 heavy (non-hydrogen) atoms. The Bertz CT molecular complexity index is 1290. The number of ether oxygens (including phenoxy) is 5. The predicted octanol–water partition coefficient (Wildman–Crippen LogP) is 0.158. The summed E-state index contributed by atoms with van der Waals surface area (Å²) < 4.78 is 27.9. The number of aliphatic hydroxyl groups excluding tert-OH is 3. The number of carbonyl (C=O) groups is 5. The van der Waals surface area contributed by atoms with Gasteiger partial charge in [-0.2, -0.15) is 0 Å². The van der Waals surface area contributed by atoms with Crippen LogP contribution < -0.4 is 14.8 Å². The molecule has 3 amide bonds. The van der Waals surface area contributed by atoms with E-state index in [4.69, 9.17) is 23.7 Å². The summed E-state index contributed by atoms with van der Waals surface area (Å²) in [6.07, 6.45) is -2.84. The van der Waals surface area contributed by atoms with Crippen LogP contribution in [0, 0.1) is 5.41 Å². The molecular formula is C32H44N2O13. The first-order chi connectivity index (χ1) is 22.2. The molecule has 1 fully saturated rings. The molecule has 15 nitrogen and oxygen atoms in total. The van der Waals surface area contributed by atoms with E-state index >= 15 is 0 Å². The average Bonchev–Trinajstić information content (AvgIpc) is 3.34. The van der Waals surface area contributed by atoms with Crippen LogP contribution in [0.15, 0.2) is 30.4 Å². The number of rotatable bonds is 17. The van der Waals surface area contributed by atoms with Crippen molar-refractivity contribution in [1.82, 2.24) is 10.2 Å². The molecule has 5 atom stereocenters. The number of hydrogen-bond acceptors (Lipinski definition) is 13. The Balaban J connectivity index is 1.41. The minimum Gasteiger partial charge on any atom is -0.491 e. The van der Waals surface area contributed by atoms with E-state index in [-0.39, 0.29) is 64.0 Å². The standard InChI is InChI=1S/C32H44N2O13/c1-19(33-25(37)11-12-34-26(38)9-10-27(34)39)22(35)6-5-13-43-14-15-44-21-8-7-20(17-46-31(42)32(2,3)4)24(16-21)47-30-29(41)28(40)23(36)18-45-30/h7-10,16,19,23,28-30,36,40-41H,5-6,11-15,17-18H2,1-4H3,(H,33,37)/t19-,23-,28+,29-,30+/m1/s1. The molecular weight excluding hydrogens is 620 g/mol. The van der Waals surface area contributed by atoms with E-state index in [2.05, 4.69) is 5.32 Å². The van der Waals surface area contributed by atoms with Gasteiger partial charge in [0.05, 0.1) is 24.7 Å². The Morgan fingerprint density at radius 3 is 2.40 bits per heavy atom. The van der Waals surface area contributed by atoms with Crippen LogP contribution in [0.25, 0.3) is 0 Å². The van der Waals surface area contributed by atoms with E-state index in [1.165, 1.54) is 6.07 Å². The summed E-state index contributed by atoms with van der Waals surface area (Å²) in [5.41, 5.74) is -0.279. The third kappa shape index (κ3) is 11.4. The molecule has 2 heterocycles. The zero-order chi connectivity index (χ0) is 34.7. The second-order valence-electron chi connectivity index (χ2n) is 12.2. The van der Waals surface area contributed by atoms with E-state index < -0.39 is 59.7 Å². The zero-order valence-corrected chi connectivity index (χ0v) is 27.0. The van der Waals surface area contributed by atoms with Gasteiger partial charge in [0.15, 0.2) is 5.78 Å². The average molecular weight is 665 g/mol. The maximum atomic E-state index is 12.4. The van der Waals surface area contributed by atoms with Crippen LogP contribution in [0.4, 0.5) is 0 Å². The second-order valence-corrected chi connectivity index (χ2v) is 12.2. The van der Waals surface area contributed by atoms with Crippen molar-refractivity contribution in [3.8, 4) is 11.5 Å². The molecule has 0 bridgehead atoms. The number of esters is 1. The molecule has 2 aliphatic rings. The fourth-order valence-electron chi connectivity index (χ4n) is 4.37. The van der Waals surface area contributed by atoms with Gasteiger partial charge in [-0.1, -0.05) is 0 Å². The van der Waals surface area contributed by atoms with Crippen molar-refractivity contribution < 1.29 is 63.0 Å². The summed E-state index contributed by atoms with van der Waals surface area (Å²) in [4.78, 5) is 60.9. The van der Waals surface area contributed by atoms with Crippen LogP contribution in [0.5, 0.6) is 11.5 Å². The van der Waals surface area contributed by atoms with Gasteiger partial charge < -0.3 is 44.3 Å². The van der Waals surface area contributed by atoms with E-state index in [1.54, 1.807) is 39.8 Å². The molecule has 0 aromatic heterocycles. The molecule has 1 aromatic rings. The number of aliphatic hydroxyl groups is 3. The molecule has 2 aliphatic heterocycles. The molecule has 260 valence electrons. The minimum absolute atomic E-state index is 0.0636. The van der Waals surface area contributed by atoms with Crippen LogP contribution in [-0.2, 0) is 44.8 Å². The predicted molar refractivity (Wildman–Crippen MR) is 163 cm³/mol. The molecule has 3 rings (SSSR count). The van der Waals surface area contributed by atoms with Crippen molar-refractivity contribution in [3.05, 3.63) is 35.9 Å². The molecule has 0 saturated carbocycles. The number of amides is 3. The first kappa shape index (κ1) is 37.6. The third-order valence-corrected chi connectivity index (χ3v) is 7.24. The fourth-order valence-corrected chi connectivity index (χ4v) is 4.37. The quantitative estimate of drug-likeness (QED) is 0.0996. The lowest BCUT2D eigenvalue weighted by molar-refractivity contribution is -0.242. The SMILES string of the molecule is C[C@@H](NC(=O)CCN1C(=O)C=CC1=O)C(=O)CCCOCCOc1ccc(COC(=O)C(C)(C)C)c(O[C@@H]2OC[C@@H](O)[C@H](O)[C@H]2O)c1. The van der Waals surface area contributed by atoms with Crippen molar-refractivity contribution in [3.63, 3.8) is 0 Å². The van der Waals surface area contributed by atoms with Gasteiger partial charge in [-0.05, 0) is 46.2 Å². The maximum Gasteiger partial charge on any atom is 0.311 e. The number of Topliss-reactive ketones (excluding diaryl/α,β-unsaturated/α-hetero) is 1. The number of nitrogens with zero attached hydrogens (tertiary/aromatic N) is 1. The number of imide groups is 1. The molecule has 0 spiro atoms. The summed E-state index contributed by atoms with van der Waals surface area (Å²) in [7, 11) is 0. The Labute approximate surface area is 272 Å². The Morgan fingerprint density at radius 2 is 1.72 bits per heavy atom. The van der Waals surface area contributed by atoms with E-state index in [0.29, 0.717) is 17.7 Å². The summed E-state index contributed by atoms with van der Waals surface area (Å²) in [5, 5.41) is 32.7. The van der Waals surface area contributed by atoms with Crippen LogP contribution >= 0.6 is 0 Å². The van der Waals surface area contributed by atoms with Gasteiger partial charge in [0.25, 0.3) is 11.8 Å². The van der Waals surface area contributed by atoms with Crippen LogP contribution in [0.2, 0.25) is 0 Å². The van der Waals surface area contributed by atoms with Gasteiger partial charge in [-0.25, -0.2) is 0 Å². The third-order valence-electron chi connectivity index (χ3n) is 7.24. The topological polar surface area (TPSA) is 207 Å². The smallest absolute Gasteiger partial charge is 0.311 e. The number of carbonyl (C=O) groups excluding carboxylic acids is 5. The lowest BCUT2D eigenvalue weighted by atomic mass is 9.97. The van der Waals surface area contributed by atoms with E-state index in [9.17, 15) is 39.3 Å². The first-order valence-electron chi connectivity index (χ1n) is 15.4. The molecule has 4 N–H and O–H groups in total. The molecule has 0 radical (unpaired) electrons.